The number of nitrogens with one attached hydrogen (secondary N) is 1. The van der Waals surface area contributed by atoms with Crippen LogP contribution in [0.5, 0.6) is 0 Å². The van der Waals surface area contributed by atoms with E-state index in [-0.39, 0.29) is 17.6 Å². The van der Waals surface area contributed by atoms with Crippen molar-refractivity contribution in [1.29, 1.82) is 0 Å². The van der Waals surface area contributed by atoms with E-state index in [0.717, 1.165) is 49.3 Å². The fourth-order valence-electron chi connectivity index (χ4n) is 3.98. The summed E-state index contributed by atoms with van der Waals surface area (Å²) in [7, 11) is 3.38. The highest BCUT2D eigenvalue weighted by Gasteiger charge is 2.27. The molecule has 3 heterocycles. The minimum absolute atomic E-state index is 0.173. The van der Waals surface area contributed by atoms with E-state index in [2.05, 4.69) is 26.1 Å². The highest BCUT2D eigenvalue weighted by molar-refractivity contribution is 7.99. The zero-order valence-corrected chi connectivity index (χ0v) is 20.1. The lowest BCUT2D eigenvalue weighted by Crippen LogP contribution is -2.17. The van der Waals surface area contributed by atoms with Crippen molar-refractivity contribution in [3.05, 3.63) is 45.9 Å². The van der Waals surface area contributed by atoms with Crippen LogP contribution in [0, 0.1) is 0 Å². The van der Waals surface area contributed by atoms with E-state index in [9.17, 15) is 9.59 Å². The third kappa shape index (κ3) is 4.61. The van der Waals surface area contributed by atoms with E-state index in [4.69, 9.17) is 4.74 Å². The minimum atomic E-state index is -0.386. The molecule has 1 aliphatic carbocycles. The van der Waals surface area contributed by atoms with E-state index in [1.807, 2.05) is 30.8 Å². The summed E-state index contributed by atoms with van der Waals surface area (Å²) in [5.74, 6) is 0.499. The average molecular weight is 474 g/mol. The molecule has 4 rings (SSSR count). The largest absolute Gasteiger partial charge is 0.465 e. The minimum Gasteiger partial charge on any atom is -0.465 e. The molecule has 0 atom stereocenters. The lowest BCUT2D eigenvalue weighted by molar-refractivity contribution is -0.113. The molecule has 0 spiro atoms. The van der Waals surface area contributed by atoms with E-state index < -0.39 is 0 Å². The summed E-state index contributed by atoms with van der Waals surface area (Å²) in [6.45, 7) is 2.77. The maximum absolute atomic E-state index is 12.7. The molecule has 1 amide bonds. The fraction of sp³-hybridized carbons (Fsp3) is 0.455. The van der Waals surface area contributed by atoms with Gasteiger partial charge in [-0.2, -0.15) is 0 Å². The third-order valence-corrected chi connectivity index (χ3v) is 7.82. The van der Waals surface area contributed by atoms with Gasteiger partial charge in [0.1, 0.15) is 10.8 Å². The van der Waals surface area contributed by atoms with Gasteiger partial charge in [0, 0.05) is 36.8 Å². The predicted octanol–water partition coefficient (Wildman–Crippen LogP) is 3.69. The van der Waals surface area contributed by atoms with Crippen LogP contribution in [-0.4, -0.2) is 44.1 Å². The lowest BCUT2D eigenvalue weighted by Gasteiger charge is -2.11. The second-order valence-corrected chi connectivity index (χ2v) is 9.72. The first-order valence-corrected chi connectivity index (χ1v) is 12.5. The van der Waals surface area contributed by atoms with Gasteiger partial charge in [-0.3, -0.25) is 4.79 Å². The van der Waals surface area contributed by atoms with Crippen LogP contribution >= 0.6 is 23.1 Å². The van der Waals surface area contributed by atoms with Crippen molar-refractivity contribution in [3.8, 4) is 0 Å². The summed E-state index contributed by atoms with van der Waals surface area (Å²) in [4.78, 5) is 26.3. The summed E-state index contributed by atoms with van der Waals surface area (Å²) in [5, 5.41) is 12.9. The van der Waals surface area contributed by atoms with Crippen molar-refractivity contribution < 1.29 is 14.3 Å². The normalized spacial score (nSPS) is 13.1. The van der Waals surface area contributed by atoms with Crippen molar-refractivity contribution in [2.45, 2.75) is 50.7 Å². The Balaban J connectivity index is 1.44. The first kappa shape index (κ1) is 22.6. The molecule has 0 aromatic carbocycles. The SMILES string of the molecule is CCn1c(Cc2cccn2C)nnc1SCC(=O)Nc1sc2c(c1C(=O)OC)CCCC2. The number of carbonyl (C=O) groups is 2. The second-order valence-electron chi connectivity index (χ2n) is 7.67. The van der Waals surface area contributed by atoms with Crippen LogP contribution in [-0.2, 0) is 42.4 Å². The molecule has 0 unspecified atom stereocenters. The van der Waals surface area contributed by atoms with Gasteiger partial charge in [-0.25, -0.2) is 4.79 Å². The Morgan fingerprint density at radius 3 is 2.81 bits per heavy atom. The number of thiophene rings is 1. The van der Waals surface area contributed by atoms with E-state index >= 15 is 0 Å². The van der Waals surface area contributed by atoms with Gasteiger partial charge in [0.05, 0.1) is 18.4 Å². The number of ether oxygens (including phenoxy) is 1. The fourth-order valence-corrected chi connectivity index (χ4v) is 6.10. The van der Waals surface area contributed by atoms with Gasteiger partial charge in [-0.1, -0.05) is 11.8 Å². The van der Waals surface area contributed by atoms with E-state index in [0.29, 0.717) is 22.1 Å². The summed E-state index contributed by atoms with van der Waals surface area (Å²) < 4.78 is 9.08. The Hall–Kier alpha value is -2.59. The molecular weight excluding hydrogens is 446 g/mol. The van der Waals surface area contributed by atoms with E-state index in [1.165, 1.54) is 35.1 Å². The van der Waals surface area contributed by atoms with Gasteiger partial charge in [-0.15, -0.1) is 21.5 Å². The number of nitrogens with zero attached hydrogens (tertiary/aromatic N) is 4. The number of methoxy groups -OCH3 is 1. The Kier molecular flexibility index (Phi) is 7.00. The number of aryl methyl sites for hydroxylation is 2. The quantitative estimate of drug-likeness (QED) is 0.396. The van der Waals surface area contributed by atoms with Crippen LogP contribution in [0.1, 0.15) is 52.1 Å². The number of carbonyl (C=O) groups excluding carboxylic acids is 2. The molecule has 3 aromatic heterocycles. The zero-order chi connectivity index (χ0) is 22.7. The van der Waals surface area contributed by atoms with Gasteiger partial charge in [0.25, 0.3) is 0 Å². The van der Waals surface area contributed by atoms with Crippen molar-refractivity contribution in [2.24, 2.45) is 7.05 Å². The Morgan fingerprint density at radius 2 is 2.09 bits per heavy atom. The van der Waals surface area contributed by atoms with Crippen molar-refractivity contribution in [2.75, 3.05) is 18.2 Å². The number of hydrogen-bond donors (Lipinski definition) is 1. The number of rotatable bonds is 8. The highest BCUT2D eigenvalue weighted by atomic mass is 32.2. The van der Waals surface area contributed by atoms with E-state index in [1.54, 1.807) is 0 Å². The van der Waals surface area contributed by atoms with Gasteiger partial charge in [-0.05, 0) is 50.3 Å². The number of esters is 1. The van der Waals surface area contributed by atoms with Crippen LogP contribution in [0.3, 0.4) is 0 Å². The third-order valence-electron chi connectivity index (χ3n) is 5.65. The number of aromatic nitrogens is 4. The molecule has 32 heavy (non-hydrogen) atoms. The number of amides is 1. The molecule has 0 radical (unpaired) electrons. The molecule has 0 saturated carbocycles. The summed E-state index contributed by atoms with van der Waals surface area (Å²) in [6, 6.07) is 4.07. The van der Waals surface area contributed by atoms with Crippen LogP contribution in [0.2, 0.25) is 0 Å². The smallest absolute Gasteiger partial charge is 0.341 e. The molecule has 10 heteroatoms. The molecule has 0 aliphatic heterocycles. The van der Waals surface area contributed by atoms with Gasteiger partial charge < -0.3 is 19.2 Å². The van der Waals surface area contributed by atoms with Crippen LogP contribution in [0.25, 0.3) is 0 Å². The molecule has 170 valence electrons. The lowest BCUT2D eigenvalue weighted by atomic mass is 9.95. The van der Waals surface area contributed by atoms with Crippen molar-refractivity contribution in [1.82, 2.24) is 19.3 Å². The Labute approximate surface area is 195 Å². The summed E-state index contributed by atoms with van der Waals surface area (Å²) >= 11 is 2.84. The Morgan fingerprint density at radius 1 is 1.28 bits per heavy atom. The first-order valence-electron chi connectivity index (χ1n) is 10.7. The highest BCUT2D eigenvalue weighted by Crippen LogP contribution is 2.38. The molecule has 0 bridgehead atoms. The number of fused-ring (bicyclic) bond motifs is 1. The molecular formula is C22H27N5O3S2. The molecule has 1 N–H and O–H groups in total. The number of thioether (sulfide) groups is 1. The molecule has 1 aliphatic rings. The summed E-state index contributed by atoms with van der Waals surface area (Å²) in [6.07, 6.45) is 6.64. The molecule has 8 nitrogen and oxygen atoms in total. The topological polar surface area (TPSA) is 91.0 Å². The van der Waals surface area contributed by atoms with Gasteiger partial charge in [0.2, 0.25) is 5.91 Å². The van der Waals surface area contributed by atoms with Gasteiger partial charge in [0.15, 0.2) is 5.16 Å². The zero-order valence-electron chi connectivity index (χ0n) is 18.5. The molecule has 0 fully saturated rings. The van der Waals surface area contributed by atoms with Crippen LogP contribution < -0.4 is 5.32 Å². The maximum atomic E-state index is 12.7. The summed E-state index contributed by atoms with van der Waals surface area (Å²) in [5.41, 5.74) is 2.71. The van der Waals surface area contributed by atoms with Crippen molar-refractivity contribution in [3.63, 3.8) is 0 Å². The standard InChI is InChI=1S/C22H27N5O3S2/c1-4-27-17(12-14-8-7-11-26(14)2)24-25-22(27)31-13-18(28)23-20-19(21(29)30-3)15-9-5-6-10-16(15)32-20/h7-8,11H,4-6,9-10,12-13H2,1-3H3,(H,23,28). The average Bonchev–Trinajstić information content (AvgIpc) is 3.48. The first-order chi connectivity index (χ1) is 15.5. The maximum Gasteiger partial charge on any atom is 0.341 e. The van der Waals surface area contributed by atoms with Crippen LogP contribution in [0.4, 0.5) is 5.00 Å². The van der Waals surface area contributed by atoms with Crippen LogP contribution in [0.15, 0.2) is 23.5 Å². The number of hydrogen-bond acceptors (Lipinski definition) is 7. The molecule has 3 aromatic rings. The Bertz CT molecular complexity index is 1130. The number of anilines is 1. The van der Waals surface area contributed by atoms with Crippen molar-refractivity contribution >= 4 is 40.0 Å². The predicted molar refractivity (Wildman–Crippen MR) is 126 cm³/mol. The monoisotopic (exact) mass is 473 g/mol. The van der Waals surface area contributed by atoms with Gasteiger partial charge >= 0.3 is 5.97 Å². The second kappa shape index (κ2) is 9.91. The molecule has 0 saturated heterocycles.